The van der Waals surface area contributed by atoms with Gasteiger partial charge in [-0.25, -0.2) is 0 Å². The molecule has 6 heteroatoms. The Balaban J connectivity index is 1.40. The van der Waals surface area contributed by atoms with Crippen LogP contribution in [-0.2, 0) is 11.3 Å². The molecule has 1 heterocycles. The number of hydrogen-bond donors (Lipinski definition) is 1. The van der Waals surface area contributed by atoms with E-state index in [-0.39, 0.29) is 12.5 Å². The number of nitrogens with zero attached hydrogens (tertiary/aromatic N) is 1. The zero-order valence-corrected chi connectivity index (χ0v) is 19.6. The Morgan fingerprint density at radius 3 is 2.48 bits per heavy atom. The Hall–Kier alpha value is -2.01. The summed E-state index contributed by atoms with van der Waals surface area (Å²) in [6.45, 7) is 1.15. The fraction of sp³-hybridized carbons (Fsp3) is 0.400. The Labute approximate surface area is 194 Å². The first-order valence-electron chi connectivity index (χ1n) is 10.9. The molecule has 1 aliphatic carbocycles. The molecule has 4 rings (SSSR count). The largest absolute Gasteiger partial charge is 0.486 e. The number of carbonyl (C=O) groups excluding carboxylic acids is 1. The molecule has 0 aromatic heterocycles. The zero-order valence-electron chi connectivity index (χ0n) is 18.1. The Kier molecular flexibility index (Phi) is 6.61. The van der Waals surface area contributed by atoms with Gasteiger partial charge in [0, 0.05) is 16.8 Å². The van der Waals surface area contributed by atoms with E-state index in [1.807, 2.05) is 12.1 Å². The maximum atomic E-state index is 12.7. The highest BCUT2D eigenvalue weighted by atomic mass is 35.5. The molecule has 2 aliphatic rings. The van der Waals surface area contributed by atoms with Gasteiger partial charge in [-0.1, -0.05) is 41.8 Å². The topological polar surface area (TPSA) is 38.3 Å². The summed E-state index contributed by atoms with van der Waals surface area (Å²) in [5.41, 5.74) is 3.36. The smallest absolute Gasteiger partial charge is 0.255 e. The normalized spacial score (nSPS) is 16.8. The first-order chi connectivity index (χ1) is 14.8. The van der Waals surface area contributed by atoms with Crippen molar-refractivity contribution in [3.05, 3.63) is 63.1 Å². The first-order valence-corrected chi connectivity index (χ1v) is 11.6. The lowest BCUT2D eigenvalue weighted by molar-refractivity contribution is -0.929. The summed E-state index contributed by atoms with van der Waals surface area (Å²) in [6, 6.07) is 12.4. The van der Waals surface area contributed by atoms with Crippen LogP contribution in [0.4, 0.5) is 5.69 Å². The van der Waals surface area contributed by atoms with E-state index in [1.54, 1.807) is 18.2 Å². The fourth-order valence-electron chi connectivity index (χ4n) is 4.60. The van der Waals surface area contributed by atoms with Gasteiger partial charge in [0.25, 0.3) is 5.91 Å². The lowest BCUT2D eigenvalue weighted by Crippen LogP contribution is -2.48. The number of fused-ring (bicyclic) bond motifs is 1. The summed E-state index contributed by atoms with van der Waals surface area (Å²) in [5, 5.41) is 3.78. The summed E-state index contributed by atoms with van der Waals surface area (Å²) in [4.78, 5) is 12.7. The number of benzene rings is 2. The molecule has 1 fully saturated rings. The van der Waals surface area contributed by atoms with E-state index >= 15 is 0 Å². The molecule has 0 unspecified atom stereocenters. The molecule has 0 saturated heterocycles. The maximum absolute atomic E-state index is 12.7. The molecule has 31 heavy (non-hydrogen) atoms. The number of carbonyl (C=O) groups is 1. The van der Waals surface area contributed by atoms with Gasteiger partial charge in [0.2, 0.25) is 0 Å². The van der Waals surface area contributed by atoms with Gasteiger partial charge >= 0.3 is 0 Å². The van der Waals surface area contributed by atoms with Gasteiger partial charge in [-0.15, -0.1) is 0 Å². The average Bonchev–Trinajstić information content (AvgIpc) is 2.78. The van der Waals surface area contributed by atoms with Gasteiger partial charge in [-0.2, -0.15) is 0 Å². The van der Waals surface area contributed by atoms with Gasteiger partial charge in [0.1, 0.15) is 23.9 Å². The highest BCUT2D eigenvalue weighted by Gasteiger charge is 2.29. The van der Waals surface area contributed by atoms with E-state index in [1.165, 1.54) is 37.7 Å². The highest BCUT2D eigenvalue weighted by Crippen LogP contribution is 2.38. The third kappa shape index (κ3) is 5.08. The van der Waals surface area contributed by atoms with Crippen molar-refractivity contribution in [1.29, 1.82) is 0 Å². The molecular weight excluding hydrogens is 431 g/mol. The molecule has 2 aromatic rings. The molecule has 1 aliphatic heterocycles. The molecule has 0 bridgehead atoms. The molecule has 0 atom stereocenters. The number of hydrogen-bond acceptors (Lipinski definition) is 2. The van der Waals surface area contributed by atoms with Gasteiger partial charge in [-0.05, 0) is 56.0 Å². The molecule has 0 radical (unpaired) electrons. The molecule has 2 aromatic carbocycles. The van der Waals surface area contributed by atoms with Crippen LogP contribution in [0.2, 0.25) is 10.0 Å². The lowest BCUT2D eigenvalue weighted by Gasteiger charge is -2.40. The average molecular weight is 460 g/mol. The van der Waals surface area contributed by atoms with Crippen molar-refractivity contribution in [3.8, 4) is 5.75 Å². The lowest BCUT2D eigenvalue weighted by atomic mass is 9.92. The third-order valence-electron chi connectivity index (χ3n) is 6.44. The molecule has 1 amide bonds. The molecule has 1 N–H and O–H groups in total. The van der Waals surface area contributed by atoms with E-state index in [4.69, 9.17) is 27.9 Å². The summed E-state index contributed by atoms with van der Waals surface area (Å²) >= 11 is 12.2. The zero-order chi connectivity index (χ0) is 22.0. The van der Waals surface area contributed by atoms with Crippen molar-refractivity contribution in [2.45, 2.75) is 44.7 Å². The predicted octanol–water partition coefficient (Wildman–Crippen LogP) is 6.32. The van der Waals surface area contributed by atoms with Crippen LogP contribution in [0.25, 0.3) is 6.08 Å². The van der Waals surface area contributed by atoms with E-state index < -0.39 is 0 Å². The minimum Gasteiger partial charge on any atom is -0.486 e. The second kappa shape index (κ2) is 9.23. The van der Waals surface area contributed by atoms with Gasteiger partial charge in [0.05, 0.1) is 30.7 Å². The third-order valence-corrected chi connectivity index (χ3v) is 7.23. The molecular formula is C25H29Cl2N2O2+. The van der Waals surface area contributed by atoms with Gasteiger partial charge < -0.3 is 14.5 Å². The molecule has 4 nitrogen and oxygen atoms in total. The highest BCUT2D eigenvalue weighted by molar-refractivity contribution is 6.43. The van der Waals surface area contributed by atoms with Crippen LogP contribution < -0.4 is 10.1 Å². The van der Waals surface area contributed by atoms with Crippen molar-refractivity contribution < 1.29 is 14.0 Å². The Morgan fingerprint density at radius 2 is 1.77 bits per heavy atom. The second-order valence-electron chi connectivity index (χ2n) is 9.12. The van der Waals surface area contributed by atoms with E-state index in [0.717, 1.165) is 28.3 Å². The SMILES string of the molecule is C[N+](C)(Cc1ccc(NC(=O)C2=Cc3ccc(Cl)c(Cl)c3OC2)cc1)C1CCCCC1. The van der Waals surface area contributed by atoms with Crippen LogP contribution in [0.1, 0.15) is 43.2 Å². The van der Waals surface area contributed by atoms with E-state index in [2.05, 4.69) is 31.5 Å². The van der Waals surface area contributed by atoms with E-state index in [9.17, 15) is 4.79 Å². The van der Waals surface area contributed by atoms with Crippen molar-refractivity contribution in [1.82, 2.24) is 0 Å². The van der Waals surface area contributed by atoms with Crippen LogP contribution in [0.5, 0.6) is 5.75 Å². The minimum atomic E-state index is -0.178. The Morgan fingerprint density at radius 1 is 1.06 bits per heavy atom. The van der Waals surface area contributed by atoms with Crippen molar-refractivity contribution in [2.24, 2.45) is 0 Å². The standard InChI is InChI=1S/C25H28Cl2N2O2/c1-29(2,21-6-4-3-5-7-21)15-17-8-11-20(12-9-17)28-25(30)19-14-18-10-13-22(26)23(27)24(18)31-16-19/h8-14,21H,3-7,15-16H2,1-2H3/p+1. The fourth-order valence-corrected chi connectivity index (χ4v) is 4.98. The Bertz CT molecular complexity index is 993. The number of anilines is 1. The second-order valence-corrected chi connectivity index (χ2v) is 9.90. The maximum Gasteiger partial charge on any atom is 0.255 e. The van der Waals surface area contributed by atoms with Crippen molar-refractivity contribution >= 4 is 40.9 Å². The number of amides is 1. The number of rotatable bonds is 5. The summed E-state index contributed by atoms with van der Waals surface area (Å²) in [7, 11) is 4.66. The van der Waals surface area contributed by atoms with Gasteiger partial charge in [-0.3, -0.25) is 4.79 Å². The molecule has 1 saturated carbocycles. The minimum absolute atomic E-state index is 0.157. The summed E-state index contributed by atoms with van der Waals surface area (Å²) in [5.74, 6) is 0.344. The van der Waals surface area contributed by atoms with Gasteiger partial charge in [0.15, 0.2) is 0 Å². The number of nitrogens with one attached hydrogen (secondary N) is 1. The van der Waals surface area contributed by atoms with E-state index in [0.29, 0.717) is 21.4 Å². The van der Waals surface area contributed by atoms with Crippen LogP contribution in [0, 0.1) is 0 Å². The van der Waals surface area contributed by atoms with Crippen LogP contribution in [0.15, 0.2) is 42.0 Å². The summed E-state index contributed by atoms with van der Waals surface area (Å²) in [6.07, 6.45) is 8.51. The van der Waals surface area contributed by atoms with Crippen LogP contribution in [-0.4, -0.2) is 37.1 Å². The van der Waals surface area contributed by atoms with Crippen LogP contribution in [0.3, 0.4) is 0 Å². The summed E-state index contributed by atoms with van der Waals surface area (Å²) < 4.78 is 6.71. The number of ether oxygens (including phenoxy) is 1. The van der Waals surface area contributed by atoms with Crippen molar-refractivity contribution in [3.63, 3.8) is 0 Å². The monoisotopic (exact) mass is 459 g/mol. The van der Waals surface area contributed by atoms with Crippen molar-refractivity contribution in [2.75, 3.05) is 26.0 Å². The first kappa shape index (κ1) is 22.2. The molecule has 0 spiro atoms. The van der Waals surface area contributed by atoms with Crippen LogP contribution >= 0.6 is 23.2 Å². The number of quaternary nitrogens is 1. The number of halogens is 2. The quantitative estimate of drug-likeness (QED) is 0.531. The molecule has 164 valence electrons. The predicted molar refractivity (Wildman–Crippen MR) is 128 cm³/mol.